The topological polar surface area (TPSA) is 82.1 Å². The van der Waals surface area contributed by atoms with E-state index in [2.05, 4.69) is 19.2 Å². The van der Waals surface area contributed by atoms with E-state index >= 15 is 0 Å². The van der Waals surface area contributed by atoms with Crippen LogP contribution in [0.3, 0.4) is 0 Å². The van der Waals surface area contributed by atoms with E-state index in [-0.39, 0.29) is 25.2 Å². The summed E-state index contributed by atoms with van der Waals surface area (Å²) in [6.45, 7) is 4.51. The van der Waals surface area contributed by atoms with Crippen LogP contribution in [0, 0.1) is 5.92 Å². The molecule has 0 aromatic heterocycles. The van der Waals surface area contributed by atoms with Crippen molar-refractivity contribution < 1.29 is 19.4 Å². The first-order chi connectivity index (χ1) is 15.8. The number of ether oxygens (including phenoxy) is 1. The second kappa shape index (κ2) is 13.5. The molecule has 2 aromatic rings. The third kappa shape index (κ3) is 8.77. The quantitative estimate of drug-likeness (QED) is 0.515. The van der Waals surface area contributed by atoms with E-state index in [9.17, 15) is 14.7 Å². The second-order valence-corrected chi connectivity index (χ2v) is 8.76. The zero-order valence-electron chi connectivity index (χ0n) is 20.1. The molecule has 0 aliphatic carbocycles. The van der Waals surface area contributed by atoms with Crippen LogP contribution in [0.2, 0.25) is 0 Å². The summed E-state index contributed by atoms with van der Waals surface area (Å²) < 4.78 is 5.83. The minimum atomic E-state index is -0.717. The number of nitrogens with zero attached hydrogens (tertiary/aromatic N) is 2. The van der Waals surface area contributed by atoms with Crippen molar-refractivity contribution in [2.24, 2.45) is 5.92 Å². The number of para-hydroxylation sites is 1. The fourth-order valence-electron chi connectivity index (χ4n) is 3.39. The lowest BCUT2D eigenvalue weighted by Gasteiger charge is -2.33. The Morgan fingerprint density at radius 2 is 1.61 bits per heavy atom. The Kier molecular flexibility index (Phi) is 10.7. The number of rotatable bonds is 12. The molecular weight excluding hydrogens is 418 g/mol. The molecule has 0 unspecified atom stereocenters. The van der Waals surface area contributed by atoms with Crippen LogP contribution in [0.25, 0.3) is 0 Å². The summed E-state index contributed by atoms with van der Waals surface area (Å²) in [7, 11) is 3.35. The van der Waals surface area contributed by atoms with E-state index in [4.69, 9.17) is 4.74 Å². The van der Waals surface area contributed by atoms with Gasteiger partial charge in [0, 0.05) is 27.1 Å². The molecule has 0 saturated heterocycles. The molecule has 2 N–H and O–H groups in total. The number of aliphatic hydroxyl groups excluding tert-OH is 1. The van der Waals surface area contributed by atoms with Gasteiger partial charge in [0.15, 0.2) is 0 Å². The summed E-state index contributed by atoms with van der Waals surface area (Å²) in [6.07, 6.45) is 1.14. The Morgan fingerprint density at radius 1 is 1.00 bits per heavy atom. The van der Waals surface area contributed by atoms with Crippen molar-refractivity contribution in [3.63, 3.8) is 0 Å². The highest BCUT2D eigenvalue weighted by Gasteiger charge is 2.29. The number of urea groups is 1. The van der Waals surface area contributed by atoms with Crippen LogP contribution in [0.15, 0.2) is 60.7 Å². The molecule has 2 atom stereocenters. The van der Waals surface area contributed by atoms with Crippen LogP contribution < -0.4 is 10.1 Å². The van der Waals surface area contributed by atoms with Gasteiger partial charge >= 0.3 is 6.03 Å². The number of hydrogen-bond donors (Lipinski definition) is 2. The Bertz CT molecular complexity index is 843. The average molecular weight is 456 g/mol. The van der Waals surface area contributed by atoms with Crippen LogP contribution in [0.4, 0.5) is 4.79 Å². The van der Waals surface area contributed by atoms with Crippen molar-refractivity contribution in [3.05, 3.63) is 66.2 Å². The fraction of sp³-hybridized carbons (Fsp3) is 0.462. The smallest absolute Gasteiger partial charge is 0.318 e. The lowest BCUT2D eigenvalue weighted by Crippen LogP contribution is -2.56. The van der Waals surface area contributed by atoms with E-state index in [0.717, 1.165) is 12.0 Å². The molecule has 7 heteroatoms. The summed E-state index contributed by atoms with van der Waals surface area (Å²) in [4.78, 5) is 29.3. The van der Waals surface area contributed by atoms with Crippen LogP contribution in [0.1, 0.15) is 25.8 Å². The molecule has 7 nitrogen and oxygen atoms in total. The maximum Gasteiger partial charge on any atom is 0.318 e. The molecule has 2 rings (SSSR count). The Balaban J connectivity index is 2.17. The number of aliphatic hydroxyl groups is 1. The van der Waals surface area contributed by atoms with Crippen molar-refractivity contribution in [3.8, 4) is 5.75 Å². The Hall–Kier alpha value is -3.06. The van der Waals surface area contributed by atoms with Gasteiger partial charge in [0.1, 0.15) is 18.4 Å². The van der Waals surface area contributed by atoms with Gasteiger partial charge in [-0.2, -0.15) is 0 Å². The van der Waals surface area contributed by atoms with Crippen molar-refractivity contribution in [2.75, 3.05) is 33.9 Å². The Labute approximate surface area is 197 Å². The third-order valence-electron chi connectivity index (χ3n) is 5.36. The van der Waals surface area contributed by atoms with Gasteiger partial charge in [0.05, 0.1) is 12.6 Å². The number of carbonyl (C=O) groups excluding carboxylic acids is 2. The first kappa shape index (κ1) is 26.2. The Morgan fingerprint density at radius 3 is 2.15 bits per heavy atom. The van der Waals surface area contributed by atoms with Crippen molar-refractivity contribution in [1.82, 2.24) is 15.1 Å². The number of carbonyl (C=O) groups is 2. The van der Waals surface area contributed by atoms with Gasteiger partial charge in [-0.05, 0) is 30.0 Å². The van der Waals surface area contributed by atoms with Gasteiger partial charge in [-0.1, -0.05) is 62.4 Å². The number of likely N-dealkylation sites (N-methyl/N-ethyl adjacent to an activating group) is 1. The second-order valence-electron chi connectivity index (χ2n) is 8.76. The molecule has 2 aromatic carbocycles. The van der Waals surface area contributed by atoms with Gasteiger partial charge in [0.2, 0.25) is 5.91 Å². The number of benzene rings is 2. The maximum atomic E-state index is 13.4. The minimum absolute atomic E-state index is 0.150. The molecule has 0 saturated carbocycles. The van der Waals surface area contributed by atoms with Crippen molar-refractivity contribution in [1.29, 1.82) is 0 Å². The van der Waals surface area contributed by atoms with Crippen LogP contribution in [0.5, 0.6) is 5.75 Å². The zero-order valence-corrected chi connectivity index (χ0v) is 20.1. The number of hydrogen-bond acceptors (Lipinski definition) is 4. The molecule has 0 radical (unpaired) electrons. The molecule has 0 heterocycles. The van der Waals surface area contributed by atoms with Gasteiger partial charge in [-0.3, -0.25) is 4.79 Å². The molecule has 33 heavy (non-hydrogen) atoms. The molecule has 0 spiro atoms. The van der Waals surface area contributed by atoms with E-state index in [1.165, 1.54) is 4.90 Å². The van der Waals surface area contributed by atoms with Crippen molar-refractivity contribution in [2.45, 2.75) is 38.8 Å². The highest BCUT2D eigenvalue weighted by atomic mass is 16.5. The summed E-state index contributed by atoms with van der Waals surface area (Å²) in [5, 5.41) is 13.0. The molecule has 0 bridgehead atoms. The molecule has 0 fully saturated rings. The molecular formula is C26H37N3O4. The monoisotopic (exact) mass is 455 g/mol. The SMILES string of the molecule is CC(C)CCN(C(=O)N[C@@H](Cc1ccccc1)C(=O)N(C)C)[C@@H](CO)COc1ccccc1. The molecule has 3 amide bonds. The molecule has 0 aliphatic rings. The van der Waals surface area contributed by atoms with E-state index < -0.39 is 12.1 Å². The van der Waals surface area contributed by atoms with Crippen molar-refractivity contribution >= 4 is 11.9 Å². The van der Waals surface area contributed by atoms with Crippen LogP contribution >= 0.6 is 0 Å². The van der Waals surface area contributed by atoms with E-state index in [1.807, 2.05) is 60.7 Å². The van der Waals surface area contributed by atoms with Gasteiger partial charge < -0.3 is 25.0 Å². The van der Waals surface area contributed by atoms with Crippen LogP contribution in [-0.2, 0) is 11.2 Å². The van der Waals surface area contributed by atoms with E-state index in [0.29, 0.717) is 24.6 Å². The minimum Gasteiger partial charge on any atom is -0.491 e. The average Bonchev–Trinajstić information content (AvgIpc) is 2.81. The number of amides is 3. The molecule has 0 aliphatic heterocycles. The summed E-state index contributed by atoms with van der Waals surface area (Å²) in [5.41, 5.74) is 0.956. The standard InChI is InChI=1S/C26H37N3O4/c1-20(2)15-16-29(22(18-30)19-33-23-13-9-6-10-14-23)26(32)27-24(25(31)28(3)4)17-21-11-7-5-8-12-21/h5-14,20,22,24,30H,15-19H2,1-4H3,(H,27,32)/t22-,24-/m0/s1. The first-order valence-corrected chi connectivity index (χ1v) is 11.4. The normalized spacial score (nSPS) is 12.7. The van der Waals surface area contributed by atoms with E-state index in [1.54, 1.807) is 19.0 Å². The van der Waals surface area contributed by atoms with Gasteiger partial charge in [-0.25, -0.2) is 4.79 Å². The number of nitrogens with one attached hydrogen (secondary N) is 1. The first-order valence-electron chi connectivity index (χ1n) is 11.4. The van der Waals surface area contributed by atoms with Crippen LogP contribution in [-0.4, -0.2) is 72.8 Å². The highest BCUT2D eigenvalue weighted by Crippen LogP contribution is 2.13. The summed E-state index contributed by atoms with van der Waals surface area (Å²) in [5.74, 6) is 0.861. The van der Waals surface area contributed by atoms with Gasteiger partial charge in [0.25, 0.3) is 0 Å². The fourth-order valence-corrected chi connectivity index (χ4v) is 3.39. The highest BCUT2D eigenvalue weighted by molar-refractivity contribution is 5.87. The lowest BCUT2D eigenvalue weighted by molar-refractivity contribution is -0.130. The maximum absolute atomic E-state index is 13.4. The third-order valence-corrected chi connectivity index (χ3v) is 5.36. The lowest BCUT2D eigenvalue weighted by atomic mass is 10.0. The largest absolute Gasteiger partial charge is 0.491 e. The summed E-state index contributed by atoms with van der Waals surface area (Å²) >= 11 is 0. The van der Waals surface area contributed by atoms with Gasteiger partial charge in [-0.15, -0.1) is 0 Å². The zero-order chi connectivity index (χ0) is 24.2. The molecule has 180 valence electrons. The predicted molar refractivity (Wildman–Crippen MR) is 130 cm³/mol. The predicted octanol–water partition coefficient (Wildman–Crippen LogP) is 3.18. The summed E-state index contributed by atoms with van der Waals surface area (Å²) in [6, 6.07) is 17.2.